The van der Waals surface area contributed by atoms with E-state index in [4.69, 9.17) is 0 Å². The van der Waals surface area contributed by atoms with Crippen LogP contribution < -0.4 is 5.32 Å². The Bertz CT molecular complexity index is 603. The zero-order valence-electron chi connectivity index (χ0n) is 14.1. The average molecular weight is 325 g/mol. The minimum atomic E-state index is 0.127. The maximum atomic E-state index is 9.69. The van der Waals surface area contributed by atoms with Gasteiger partial charge in [-0.3, -0.25) is 0 Å². The topological polar surface area (TPSA) is 52.5 Å². The van der Waals surface area contributed by atoms with Crippen LogP contribution in [0.2, 0.25) is 0 Å². The summed E-state index contributed by atoms with van der Waals surface area (Å²) < 4.78 is 0. The molecule has 3 nitrogen and oxygen atoms in total. The Morgan fingerprint density at radius 1 is 0.917 bits per heavy atom. The van der Waals surface area contributed by atoms with Crippen molar-refractivity contribution in [3.63, 3.8) is 0 Å². The van der Waals surface area contributed by atoms with Crippen LogP contribution in [-0.2, 0) is 6.42 Å². The molecule has 128 valence electrons. The summed E-state index contributed by atoms with van der Waals surface area (Å²) in [6.07, 6.45) is 5.46. The third-order valence-electron chi connectivity index (χ3n) is 5.11. The first-order chi connectivity index (χ1) is 11.7. The fraction of sp³-hybridized carbons (Fsp3) is 0.429. The number of aliphatic hydroxyl groups is 1. The zero-order valence-corrected chi connectivity index (χ0v) is 14.1. The van der Waals surface area contributed by atoms with E-state index in [9.17, 15) is 10.2 Å². The molecule has 1 aliphatic rings. The molecule has 3 N–H and O–H groups in total. The Morgan fingerprint density at radius 3 is 2.21 bits per heavy atom. The molecule has 0 aromatic heterocycles. The number of phenols is 1. The van der Waals surface area contributed by atoms with Crippen molar-refractivity contribution in [1.82, 2.24) is 5.32 Å². The van der Waals surface area contributed by atoms with Crippen molar-refractivity contribution in [2.75, 3.05) is 6.61 Å². The van der Waals surface area contributed by atoms with Crippen molar-refractivity contribution in [3.05, 3.63) is 65.7 Å². The molecule has 0 heterocycles. The van der Waals surface area contributed by atoms with Crippen LogP contribution in [0.3, 0.4) is 0 Å². The Hall–Kier alpha value is -1.84. The minimum absolute atomic E-state index is 0.127. The quantitative estimate of drug-likeness (QED) is 0.760. The number of phenolic OH excluding ortho intramolecular Hbond substituents is 1. The first-order valence-corrected chi connectivity index (χ1v) is 8.94. The molecule has 0 aliphatic heterocycles. The van der Waals surface area contributed by atoms with Crippen LogP contribution in [0.25, 0.3) is 0 Å². The minimum Gasteiger partial charge on any atom is -0.508 e. The molecule has 0 bridgehead atoms. The Labute approximate surface area is 144 Å². The second-order valence-electron chi connectivity index (χ2n) is 6.88. The number of benzene rings is 2. The standard InChI is InChI=1S/C21H27NO2/c23-15-20(14-16-4-2-1-3-5-16)22-19-10-6-17(7-11-19)18-8-12-21(24)13-9-18/h1-5,8-9,12-13,17,19-20,22-24H,6-7,10-11,14-15H2/t17-,19+,20?. The maximum absolute atomic E-state index is 9.69. The molecule has 0 spiro atoms. The summed E-state index contributed by atoms with van der Waals surface area (Å²) in [5.41, 5.74) is 2.59. The van der Waals surface area contributed by atoms with Gasteiger partial charge in [0.15, 0.2) is 0 Å². The number of hydrogen-bond acceptors (Lipinski definition) is 3. The molecule has 0 radical (unpaired) electrons. The molecule has 3 rings (SSSR count). The van der Waals surface area contributed by atoms with Gasteiger partial charge in [-0.1, -0.05) is 42.5 Å². The Kier molecular flexibility index (Phi) is 5.89. The van der Waals surface area contributed by atoms with E-state index in [2.05, 4.69) is 17.4 Å². The van der Waals surface area contributed by atoms with Gasteiger partial charge < -0.3 is 15.5 Å². The average Bonchev–Trinajstić information content (AvgIpc) is 2.63. The van der Waals surface area contributed by atoms with Crippen molar-refractivity contribution >= 4 is 0 Å². The summed E-state index contributed by atoms with van der Waals surface area (Å²) in [5.74, 6) is 0.922. The van der Waals surface area contributed by atoms with E-state index in [1.807, 2.05) is 30.3 Å². The van der Waals surface area contributed by atoms with Crippen LogP contribution >= 0.6 is 0 Å². The van der Waals surface area contributed by atoms with E-state index in [1.165, 1.54) is 11.1 Å². The molecule has 0 amide bonds. The summed E-state index contributed by atoms with van der Waals surface area (Å²) >= 11 is 0. The van der Waals surface area contributed by atoms with E-state index in [1.54, 1.807) is 12.1 Å². The molecule has 24 heavy (non-hydrogen) atoms. The highest BCUT2D eigenvalue weighted by molar-refractivity contribution is 5.28. The van der Waals surface area contributed by atoms with Gasteiger partial charge in [0.05, 0.1) is 6.61 Å². The van der Waals surface area contributed by atoms with Crippen LogP contribution in [0, 0.1) is 0 Å². The van der Waals surface area contributed by atoms with Crippen LogP contribution in [0.4, 0.5) is 0 Å². The van der Waals surface area contributed by atoms with E-state index in [0.29, 0.717) is 17.7 Å². The first-order valence-electron chi connectivity index (χ1n) is 8.94. The molecule has 2 aromatic rings. The summed E-state index contributed by atoms with van der Waals surface area (Å²) in [6, 6.07) is 18.6. The van der Waals surface area contributed by atoms with Crippen molar-refractivity contribution < 1.29 is 10.2 Å². The summed E-state index contributed by atoms with van der Waals surface area (Å²) in [6.45, 7) is 0.173. The smallest absolute Gasteiger partial charge is 0.115 e. The second kappa shape index (κ2) is 8.32. The van der Waals surface area contributed by atoms with Crippen LogP contribution in [0.1, 0.15) is 42.7 Å². The number of aromatic hydroxyl groups is 1. The normalized spacial score (nSPS) is 22.2. The van der Waals surface area contributed by atoms with Gasteiger partial charge in [-0.25, -0.2) is 0 Å². The Balaban J connectivity index is 1.49. The fourth-order valence-electron chi connectivity index (χ4n) is 3.75. The molecular formula is C21H27NO2. The highest BCUT2D eigenvalue weighted by Crippen LogP contribution is 2.33. The summed E-state index contributed by atoms with van der Waals surface area (Å²) in [5, 5.41) is 22.7. The number of nitrogens with one attached hydrogen (secondary N) is 1. The monoisotopic (exact) mass is 325 g/mol. The van der Waals surface area contributed by atoms with Gasteiger partial charge in [0.1, 0.15) is 5.75 Å². The van der Waals surface area contributed by atoms with Crippen molar-refractivity contribution in [2.24, 2.45) is 0 Å². The van der Waals surface area contributed by atoms with Gasteiger partial charge in [0.25, 0.3) is 0 Å². The molecule has 0 saturated heterocycles. The third kappa shape index (κ3) is 4.59. The van der Waals surface area contributed by atoms with Gasteiger partial charge >= 0.3 is 0 Å². The highest BCUT2D eigenvalue weighted by Gasteiger charge is 2.24. The lowest BCUT2D eigenvalue weighted by atomic mass is 9.81. The Morgan fingerprint density at radius 2 is 1.58 bits per heavy atom. The number of rotatable bonds is 6. The molecule has 1 atom stereocenters. The zero-order chi connectivity index (χ0) is 16.8. The molecular weight excluding hydrogens is 298 g/mol. The molecule has 1 saturated carbocycles. The maximum Gasteiger partial charge on any atom is 0.115 e. The number of aliphatic hydroxyl groups excluding tert-OH is 1. The van der Waals surface area contributed by atoms with Crippen LogP contribution in [0.15, 0.2) is 54.6 Å². The number of hydrogen-bond donors (Lipinski definition) is 3. The molecule has 1 fully saturated rings. The second-order valence-corrected chi connectivity index (χ2v) is 6.88. The SMILES string of the molecule is OCC(Cc1ccccc1)N[C@H]1CC[C@@H](c2ccc(O)cc2)CC1. The molecule has 3 heteroatoms. The predicted octanol–water partition coefficient (Wildman–Crippen LogP) is 3.61. The van der Waals surface area contributed by atoms with Gasteiger partial charge in [0, 0.05) is 12.1 Å². The molecule has 2 aromatic carbocycles. The van der Waals surface area contributed by atoms with E-state index in [-0.39, 0.29) is 12.6 Å². The lowest BCUT2D eigenvalue weighted by molar-refractivity contribution is 0.214. The van der Waals surface area contributed by atoms with E-state index < -0.39 is 0 Å². The van der Waals surface area contributed by atoms with Crippen molar-refractivity contribution in [1.29, 1.82) is 0 Å². The van der Waals surface area contributed by atoms with Gasteiger partial charge in [-0.15, -0.1) is 0 Å². The van der Waals surface area contributed by atoms with E-state index in [0.717, 1.165) is 32.1 Å². The molecule has 1 aliphatic carbocycles. The lowest BCUT2D eigenvalue weighted by Gasteiger charge is -2.32. The highest BCUT2D eigenvalue weighted by atomic mass is 16.3. The van der Waals surface area contributed by atoms with E-state index >= 15 is 0 Å². The van der Waals surface area contributed by atoms with Crippen molar-refractivity contribution in [3.8, 4) is 5.75 Å². The fourth-order valence-corrected chi connectivity index (χ4v) is 3.75. The van der Waals surface area contributed by atoms with Gasteiger partial charge in [-0.2, -0.15) is 0 Å². The van der Waals surface area contributed by atoms with Crippen molar-refractivity contribution in [2.45, 2.75) is 50.1 Å². The van der Waals surface area contributed by atoms with Crippen LogP contribution in [-0.4, -0.2) is 28.9 Å². The first kappa shape index (κ1) is 17.0. The lowest BCUT2D eigenvalue weighted by Crippen LogP contribution is -2.43. The van der Waals surface area contributed by atoms with Gasteiger partial charge in [-0.05, 0) is 61.3 Å². The summed E-state index contributed by atoms with van der Waals surface area (Å²) in [4.78, 5) is 0. The predicted molar refractivity (Wildman–Crippen MR) is 97.3 cm³/mol. The molecule has 1 unspecified atom stereocenters. The summed E-state index contributed by atoms with van der Waals surface area (Å²) in [7, 11) is 0. The largest absolute Gasteiger partial charge is 0.508 e. The van der Waals surface area contributed by atoms with Gasteiger partial charge in [0.2, 0.25) is 0 Å². The van der Waals surface area contributed by atoms with Crippen LogP contribution in [0.5, 0.6) is 5.75 Å². The third-order valence-corrected chi connectivity index (χ3v) is 5.11.